The molecule has 0 spiro atoms. The zero-order chi connectivity index (χ0) is 12.3. The molecule has 5 heteroatoms. The minimum absolute atomic E-state index is 0.721. The highest BCUT2D eigenvalue weighted by atomic mass is 32.2. The Hall–Kier alpha value is -0.810. The quantitative estimate of drug-likeness (QED) is 0.490. The predicted octanol–water partition coefficient (Wildman–Crippen LogP) is 2.67. The Bertz CT molecular complexity index is 388. The van der Waals surface area contributed by atoms with Crippen LogP contribution < -0.4 is 11.3 Å². The second-order valence-electron chi connectivity index (χ2n) is 4.44. The van der Waals surface area contributed by atoms with Crippen LogP contribution in [0.2, 0.25) is 0 Å². The van der Waals surface area contributed by atoms with Gasteiger partial charge in [-0.25, -0.2) is 15.8 Å². The Morgan fingerprint density at radius 3 is 2.65 bits per heavy atom. The number of thioether (sulfide) groups is 1. The lowest BCUT2D eigenvalue weighted by Crippen LogP contribution is -2.13. The van der Waals surface area contributed by atoms with Gasteiger partial charge in [-0.1, -0.05) is 19.8 Å². The van der Waals surface area contributed by atoms with Crippen LogP contribution in [0.5, 0.6) is 0 Å². The molecule has 3 N–H and O–H groups in total. The molecule has 17 heavy (non-hydrogen) atoms. The number of nitrogens with zero attached hydrogens (tertiary/aromatic N) is 2. The van der Waals surface area contributed by atoms with Crippen LogP contribution in [-0.4, -0.2) is 15.2 Å². The van der Waals surface area contributed by atoms with E-state index in [0.717, 1.165) is 33.9 Å². The van der Waals surface area contributed by atoms with Crippen molar-refractivity contribution in [1.82, 2.24) is 9.97 Å². The van der Waals surface area contributed by atoms with E-state index in [9.17, 15) is 0 Å². The first-order valence-electron chi connectivity index (χ1n) is 6.25. The highest BCUT2D eigenvalue weighted by Gasteiger charge is 2.19. The van der Waals surface area contributed by atoms with E-state index in [1.54, 1.807) is 0 Å². The zero-order valence-electron chi connectivity index (χ0n) is 10.5. The topological polar surface area (TPSA) is 63.8 Å². The van der Waals surface area contributed by atoms with Gasteiger partial charge in [-0.2, -0.15) is 0 Å². The molecule has 1 aromatic heterocycles. The molecular weight excluding hydrogens is 232 g/mol. The molecule has 0 bridgehead atoms. The normalized spacial score (nSPS) is 16.4. The Labute approximate surface area is 107 Å². The summed E-state index contributed by atoms with van der Waals surface area (Å²) in [5.74, 6) is 7.13. The molecule has 2 rings (SSSR count). The molecule has 4 nitrogen and oxygen atoms in total. The number of hydrogen-bond donors (Lipinski definition) is 2. The summed E-state index contributed by atoms with van der Waals surface area (Å²) in [6, 6.07) is 0. The van der Waals surface area contributed by atoms with Crippen LogP contribution >= 0.6 is 11.8 Å². The fourth-order valence-corrected chi connectivity index (χ4v) is 3.43. The standard InChI is InChI=1S/C12H20N4S/c1-3-10-14-11(16-13)8(2)12(15-10)17-9-6-4-5-7-9/h9H,3-7,13H2,1-2H3,(H,14,15,16). The molecule has 1 fully saturated rings. The van der Waals surface area contributed by atoms with Gasteiger partial charge in [0.1, 0.15) is 16.7 Å². The summed E-state index contributed by atoms with van der Waals surface area (Å²) in [6.07, 6.45) is 6.16. The van der Waals surface area contributed by atoms with E-state index in [0.29, 0.717) is 0 Å². The molecular formula is C12H20N4S. The first-order chi connectivity index (χ1) is 8.24. The van der Waals surface area contributed by atoms with Gasteiger partial charge in [0.05, 0.1) is 0 Å². The van der Waals surface area contributed by atoms with Crippen molar-refractivity contribution in [3.05, 3.63) is 11.4 Å². The van der Waals surface area contributed by atoms with Gasteiger partial charge in [0.2, 0.25) is 0 Å². The monoisotopic (exact) mass is 252 g/mol. The molecule has 0 unspecified atom stereocenters. The molecule has 1 heterocycles. The molecule has 0 saturated heterocycles. The number of hydrazine groups is 1. The molecule has 1 saturated carbocycles. The lowest BCUT2D eigenvalue weighted by atomic mass is 10.3. The van der Waals surface area contributed by atoms with Crippen LogP contribution in [0.1, 0.15) is 44.0 Å². The zero-order valence-corrected chi connectivity index (χ0v) is 11.3. The number of nitrogens with two attached hydrogens (primary N) is 1. The third-order valence-corrected chi connectivity index (χ3v) is 4.61. The summed E-state index contributed by atoms with van der Waals surface area (Å²) in [5, 5.41) is 1.82. The van der Waals surface area contributed by atoms with Gasteiger partial charge in [0.15, 0.2) is 0 Å². The minimum atomic E-state index is 0.721. The second-order valence-corrected chi connectivity index (χ2v) is 5.73. The van der Waals surface area contributed by atoms with Crippen LogP contribution in [0.25, 0.3) is 0 Å². The van der Waals surface area contributed by atoms with Crippen molar-refractivity contribution in [2.45, 2.75) is 56.2 Å². The van der Waals surface area contributed by atoms with E-state index in [4.69, 9.17) is 5.84 Å². The van der Waals surface area contributed by atoms with E-state index in [2.05, 4.69) is 22.3 Å². The number of nitrogen functional groups attached to an aromatic ring is 1. The summed E-state index contributed by atoms with van der Waals surface area (Å²) < 4.78 is 0. The van der Waals surface area contributed by atoms with Gasteiger partial charge >= 0.3 is 0 Å². The third-order valence-electron chi connectivity index (χ3n) is 3.18. The van der Waals surface area contributed by atoms with Crippen LogP contribution in [-0.2, 0) is 6.42 Å². The number of anilines is 1. The summed E-state index contributed by atoms with van der Waals surface area (Å²) >= 11 is 1.89. The Morgan fingerprint density at radius 1 is 1.35 bits per heavy atom. The number of aryl methyl sites for hydroxylation is 1. The number of nitrogens with one attached hydrogen (secondary N) is 1. The molecule has 0 radical (unpaired) electrons. The van der Waals surface area contributed by atoms with Crippen LogP contribution in [0, 0.1) is 6.92 Å². The summed E-state index contributed by atoms with van der Waals surface area (Å²) in [7, 11) is 0. The van der Waals surface area contributed by atoms with Gasteiger partial charge < -0.3 is 5.43 Å². The molecule has 0 amide bonds. The Morgan fingerprint density at radius 2 is 2.06 bits per heavy atom. The van der Waals surface area contributed by atoms with E-state index in [1.807, 2.05) is 18.7 Å². The van der Waals surface area contributed by atoms with Crippen molar-refractivity contribution in [1.29, 1.82) is 0 Å². The average Bonchev–Trinajstić information content (AvgIpc) is 2.84. The van der Waals surface area contributed by atoms with Crippen LogP contribution in [0.15, 0.2) is 5.03 Å². The molecule has 0 atom stereocenters. The SMILES string of the molecule is CCc1nc(NN)c(C)c(SC2CCCC2)n1. The number of rotatable bonds is 4. The first-order valence-corrected chi connectivity index (χ1v) is 7.13. The molecule has 94 valence electrons. The molecule has 0 aliphatic heterocycles. The molecule has 1 aromatic rings. The molecule has 1 aliphatic rings. The number of hydrogen-bond acceptors (Lipinski definition) is 5. The van der Waals surface area contributed by atoms with Gasteiger partial charge in [-0.3, -0.25) is 0 Å². The fraction of sp³-hybridized carbons (Fsp3) is 0.667. The number of aromatic nitrogens is 2. The van der Waals surface area contributed by atoms with Crippen molar-refractivity contribution >= 4 is 17.6 Å². The second kappa shape index (κ2) is 5.69. The maximum atomic E-state index is 5.50. The predicted molar refractivity (Wildman–Crippen MR) is 72.1 cm³/mol. The lowest BCUT2D eigenvalue weighted by Gasteiger charge is -2.13. The van der Waals surface area contributed by atoms with Gasteiger partial charge in [-0.15, -0.1) is 11.8 Å². The van der Waals surface area contributed by atoms with Crippen LogP contribution in [0.3, 0.4) is 0 Å². The van der Waals surface area contributed by atoms with E-state index < -0.39 is 0 Å². The van der Waals surface area contributed by atoms with Crippen molar-refractivity contribution in [2.24, 2.45) is 5.84 Å². The largest absolute Gasteiger partial charge is 0.308 e. The highest BCUT2D eigenvalue weighted by molar-refractivity contribution is 7.99. The van der Waals surface area contributed by atoms with E-state index in [1.165, 1.54) is 25.7 Å². The first kappa shape index (κ1) is 12.6. The molecule has 0 aromatic carbocycles. The van der Waals surface area contributed by atoms with Gasteiger partial charge in [0.25, 0.3) is 0 Å². The summed E-state index contributed by atoms with van der Waals surface area (Å²) in [6.45, 7) is 4.10. The summed E-state index contributed by atoms with van der Waals surface area (Å²) in [5.41, 5.74) is 3.74. The maximum Gasteiger partial charge on any atom is 0.147 e. The highest BCUT2D eigenvalue weighted by Crippen LogP contribution is 2.36. The lowest BCUT2D eigenvalue weighted by molar-refractivity contribution is 0.856. The fourth-order valence-electron chi connectivity index (χ4n) is 2.12. The summed E-state index contributed by atoms with van der Waals surface area (Å²) in [4.78, 5) is 9.00. The van der Waals surface area contributed by atoms with Gasteiger partial charge in [0, 0.05) is 17.2 Å². The van der Waals surface area contributed by atoms with E-state index in [-0.39, 0.29) is 0 Å². The Kier molecular flexibility index (Phi) is 4.23. The third kappa shape index (κ3) is 2.90. The molecule has 1 aliphatic carbocycles. The van der Waals surface area contributed by atoms with E-state index >= 15 is 0 Å². The van der Waals surface area contributed by atoms with Crippen LogP contribution in [0.4, 0.5) is 5.82 Å². The average molecular weight is 252 g/mol. The minimum Gasteiger partial charge on any atom is -0.308 e. The van der Waals surface area contributed by atoms with Crippen molar-refractivity contribution in [3.8, 4) is 0 Å². The van der Waals surface area contributed by atoms with Gasteiger partial charge in [-0.05, 0) is 19.8 Å². The smallest absolute Gasteiger partial charge is 0.147 e. The maximum absolute atomic E-state index is 5.50. The van der Waals surface area contributed by atoms with Crippen molar-refractivity contribution in [2.75, 3.05) is 5.43 Å². The van der Waals surface area contributed by atoms with Crippen molar-refractivity contribution in [3.63, 3.8) is 0 Å². The van der Waals surface area contributed by atoms with Crippen molar-refractivity contribution < 1.29 is 0 Å². The Balaban J connectivity index is 2.24.